The van der Waals surface area contributed by atoms with Crippen molar-refractivity contribution < 1.29 is 13.9 Å². The zero-order valence-corrected chi connectivity index (χ0v) is 15.3. The van der Waals surface area contributed by atoms with Gasteiger partial charge in [-0.15, -0.1) is 0 Å². The number of nitrogens with zero attached hydrogens (tertiary/aromatic N) is 1. The van der Waals surface area contributed by atoms with Crippen molar-refractivity contribution in [2.75, 3.05) is 5.75 Å². The van der Waals surface area contributed by atoms with Gasteiger partial charge >= 0.3 is 5.97 Å². The van der Waals surface area contributed by atoms with Crippen LogP contribution in [0.1, 0.15) is 40.0 Å². The molecule has 1 heterocycles. The molecule has 0 N–H and O–H groups in total. The highest BCUT2D eigenvalue weighted by Crippen LogP contribution is 2.35. The average molecular weight is 347 g/mol. The molecule has 0 amide bonds. The molecule has 0 spiro atoms. The maximum Gasteiger partial charge on any atom is 0.316 e. The van der Waals surface area contributed by atoms with Crippen LogP contribution in [0.5, 0.6) is 0 Å². The van der Waals surface area contributed by atoms with Crippen LogP contribution in [0.25, 0.3) is 11.1 Å². The number of aromatic nitrogens is 1. The molecular weight excluding hydrogens is 322 g/mol. The van der Waals surface area contributed by atoms with Crippen molar-refractivity contribution in [3.8, 4) is 0 Å². The number of benzene rings is 1. The number of carbonyl (C=O) groups excluding carboxylic acids is 1. The average Bonchev–Trinajstić information content (AvgIpc) is 2.95. The minimum atomic E-state index is -0.174. The van der Waals surface area contributed by atoms with E-state index in [0.29, 0.717) is 23.0 Å². The molecule has 0 radical (unpaired) electrons. The van der Waals surface area contributed by atoms with Gasteiger partial charge < -0.3 is 9.15 Å². The molecule has 1 saturated carbocycles. The van der Waals surface area contributed by atoms with Gasteiger partial charge in [0.2, 0.25) is 0 Å². The molecule has 1 fully saturated rings. The Balaban J connectivity index is 1.56. The van der Waals surface area contributed by atoms with E-state index in [-0.39, 0.29) is 17.8 Å². The van der Waals surface area contributed by atoms with Gasteiger partial charge in [0.25, 0.3) is 5.22 Å². The molecule has 1 aromatic heterocycles. The summed E-state index contributed by atoms with van der Waals surface area (Å²) in [5.41, 5.74) is 1.56. The molecule has 24 heavy (non-hydrogen) atoms. The van der Waals surface area contributed by atoms with E-state index in [0.717, 1.165) is 23.9 Å². The predicted molar refractivity (Wildman–Crippen MR) is 96.0 cm³/mol. The quantitative estimate of drug-likeness (QED) is 0.567. The Kier molecular flexibility index (Phi) is 5.49. The number of fused-ring (bicyclic) bond motifs is 1. The Hall–Kier alpha value is -1.49. The number of thioether (sulfide) groups is 1. The summed E-state index contributed by atoms with van der Waals surface area (Å²) in [5, 5.41) is 0.519. The first-order valence-electron chi connectivity index (χ1n) is 8.70. The zero-order valence-electron chi connectivity index (χ0n) is 14.5. The van der Waals surface area contributed by atoms with Crippen molar-refractivity contribution in [2.45, 2.75) is 51.4 Å². The van der Waals surface area contributed by atoms with Gasteiger partial charge in [0.1, 0.15) is 17.4 Å². The molecule has 5 heteroatoms. The molecule has 1 aromatic carbocycles. The van der Waals surface area contributed by atoms with Crippen LogP contribution in [-0.2, 0) is 9.53 Å². The van der Waals surface area contributed by atoms with Crippen molar-refractivity contribution in [1.82, 2.24) is 4.98 Å². The second kappa shape index (κ2) is 7.60. The smallest absolute Gasteiger partial charge is 0.316 e. The SMILES string of the molecule is CC(C)[C@H]1CC[C@@H](C)C[C@H]1OC(=O)CSc1nc2ccccc2o1. The standard InChI is InChI=1S/C19H25NO3S/c1-12(2)14-9-8-13(3)10-17(14)22-18(21)11-24-19-20-15-6-4-5-7-16(15)23-19/h4-7,12-14,17H,8-11H2,1-3H3/t13-,14-,17-/m1/s1. The molecule has 4 nitrogen and oxygen atoms in total. The highest BCUT2D eigenvalue weighted by Gasteiger charge is 2.33. The Morgan fingerprint density at radius 3 is 2.92 bits per heavy atom. The molecule has 0 saturated heterocycles. The lowest BCUT2D eigenvalue weighted by atomic mass is 9.75. The van der Waals surface area contributed by atoms with Crippen LogP contribution in [0.4, 0.5) is 0 Å². The largest absolute Gasteiger partial charge is 0.461 e. The number of carbonyl (C=O) groups is 1. The van der Waals surface area contributed by atoms with Gasteiger partial charge in [-0.3, -0.25) is 4.79 Å². The lowest BCUT2D eigenvalue weighted by molar-refractivity contribution is -0.152. The van der Waals surface area contributed by atoms with Crippen LogP contribution in [0.15, 0.2) is 33.9 Å². The zero-order chi connectivity index (χ0) is 17.1. The minimum Gasteiger partial charge on any atom is -0.461 e. The predicted octanol–water partition coefficient (Wildman–Crippen LogP) is 4.92. The summed E-state index contributed by atoms with van der Waals surface area (Å²) in [6, 6.07) is 7.61. The first-order valence-corrected chi connectivity index (χ1v) is 9.69. The van der Waals surface area contributed by atoms with Gasteiger partial charge in [0.15, 0.2) is 5.58 Å². The van der Waals surface area contributed by atoms with Gasteiger partial charge in [0, 0.05) is 0 Å². The Morgan fingerprint density at radius 1 is 1.38 bits per heavy atom. The number of oxazole rings is 1. The van der Waals surface area contributed by atoms with Crippen LogP contribution in [-0.4, -0.2) is 22.8 Å². The van der Waals surface area contributed by atoms with Gasteiger partial charge in [0.05, 0.1) is 0 Å². The molecule has 1 aliphatic rings. The summed E-state index contributed by atoms with van der Waals surface area (Å²) in [6.07, 6.45) is 3.40. The van der Waals surface area contributed by atoms with E-state index in [1.54, 1.807) is 0 Å². The number of hydrogen-bond donors (Lipinski definition) is 0. The third kappa shape index (κ3) is 4.12. The van der Waals surface area contributed by atoms with Crippen LogP contribution in [0.2, 0.25) is 0 Å². The molecule has 0 bridgehead atoms. The van der Waals surface area contributed by atoms with Crippen molar-refractivity contribution in [2.24, 2.45) is 17.8 Å². The second-order valence-electron chi connectivity index (χ2n) is 7.09. The fourth-order valence-electron chi connectivity index (χ4n) is 3.49. The van der Waals surface area contributed by atoms with Crippen LogP contribution in [0.3, 0.4) is 0 Å². The first kappa shape index (κ1) is 17.3. The summed E-state index contributed by atoms with van der Waals surface area (Å²) < 4.78 is 11.4. The summed E-state index contributed by atoms with van der Waals surface area (Å²) in [6.45, 7) is 6.67. The highest BCUT2D eigenvalue weighted by atomic mass is 32.2. The fourth-order valence-corrected chi connectivity index (χ4v) is 4.11. The molecule has 1 aliphatic carbocycles. The second-order valence-corrected chi connectivity index (χ2v) is 8.02. The van der Waals surface area contributed by atoms with E-state index < -0.39 is 0 Å². The molecule has 0 unspecified atom stereocenters. The Morgan fingerprint density at radius 2 is 2.17 bits per heavy atom. The lowest BCUT2D eigenvalue weighted by Crippen LogP contribution is -2.36. The summed E-state index contributed by atoms with van der Waals surface area (Å²) in [4.78, 5) is 16.6. The van der Waals surface area contributed by atoms with Crippen LogP contribution < -0.4 is 0 Å². The summed E-state index contributed by atoms with van der Waals surface area (Å²) >= 11 is 1.30. The third-order valence-corrected chi connectivity index (χ3v) is 5.63. The number of hydrogen-bond acceptors (Lipinski definition) is 5. The molecule has 3 atom stereocenters. The van der Waals surface area contributed by atoms with E-state index in [2.05, 4.69) is 25.8 Å². The number of ether oxygens (including phenoxy) is 1. The van der Waals surface area contributed by atoms with E-state index in [9.17, 15) is 4.79 Å². The van der Waals surface area contributed by atoms with E-state index in [1.165, 1.54) is 18.2 Å². The molecule has 2 aromatic rings. The third-order valence-electron chi connectivity index (χ3n) is 4.83. The molecule has 3 rings (SSSR count). The highest BCUT2D eigenvalue weighted by molar-refractivity contribution is 7.99. The van der Waals surface area contributed by atoms with Crippen LogP contribution >= 0.6 is 11.8 Å². The van der Waals surface area contributed by atoms with Crippen molar-refractivity contribution in [3.05, 3.63) is 24.3 Å². The fraction of sp³-hybridized carbons (Fsp3) is 0.579. The molecular formula is C19H25NO3S. The maximum absolute atomic E-state index is 12.3. The van der Waals surface area contributed by atoms with E-state index in [4.69, 9.17) is 9.15 Å². The summed E-state index contributed by atoms with van der Waals surface area (Å²) in [5.74, 6) is 1.71. The van der Waals surface area contributed by atoms with Gasteiger partial charge in [-0.2, -0.15) is 0 Å². The van der Waals surface area contributed by atoms with E-state index >= 15 is 0 Å². The Labute approximate surface area is 147 Å². The van der Waals surface area contributed by atoms with Crippen molar-refractivity contribution >= 4 is 28.8 Å². The van der Waals surface area contributed by atoms with Gasteiger partial charge in [-0.05, 0) is 42.7 Å². The van der Waals surface area contributed by atoms with E-state index in [1.807, 2.05) is 24.3 Å². The number of esters is 1. The number of para-hydroxylation sites is 2. The van der Waals surface area contributed by atoms with Gasteiger partial charge in [-0.1, -0.05) is 51.1 Å². The Bertz CT molecular complexity index is 664. The van der Waals surface area contributed by atoms with Crippen molar-refractivity contribution in [3.63, 3.8) is 0 Å². The summed E-state index contributed by atoms with van der Waals surface area (Å²) in [7, 11) is 0. The topological polar surface area (TPSA) is 52.3 Å². The molecule has 0 aliphatic heterocycles. The first-order chi connectivity index (χ1) is 11.5. The normalized spacial score (nSPS) is 24.4. The monoisotopic (exact) mass is 347 g/mol. The van der Waals surface area contributed by atoms with Crippen LogP contribution in [0, 0.1) is 17.8 Å². The lowest BCUT2D eigenvalue weighted by Gasteiger charge is -2.36. The van der Waals surface area contributed by atoms with Crippen molar-refractivity contribution in [1.29, 1.82) is 0 Å². The molecule has 130 valence electrons. The minimum absolute atomic E-state index is 0.0467. The van der Waals surface area contributed by atoms with Gasteiger partial charge in [-0.25, -0.2) is 4.98 Å². The number of rotatable bonds is 5. The maximum atomic E-state index is 12.3.